The molecule has 0 atom stereocenters. The van der Waals surface area contributed by atoms with Crippen molar-refractivity contribution in [1.29, 1.82) is 0 Å². The fourth-order valence-electron chi connectivity index (χ4n) is 1.75. The van der Waals surface area contributed by atoms with Gasteiger partial charge < -0.3 is 14.7 Å². The number of hydrogen-bond donors (Lipinski definition) is 0. The van der Waals surface area contributed by atoms with E-state index < -0.39 is 42.2 Å². The first-order valence-electron chi connectivity index (χ1n) is 7.95. The zero-order valence-electron chi connectivity index (χ0n) is 15.4. The Kier molecular flexibility index (Phi) is 9.70. The van der Waals surface area contributed by atoms with E-state index in [4.69, 9.17) is 0 Å². The average molecular weight is 414 g/mol. The van der Waals surface area contributed by atoms with Gasteiger partial charge in [0.05, 0.1) is 0 Å². The lowest BCUT2D eigenvalue weighted by atomic mass is 10.2. The van der Waals surface area contributed by atoms with E-state index in [1.54, 1.807) is 0 Å². The summed E-state index contributed by atoms with van der Waals surface area (Å²) < 4.78 is 69.9. The zero-order chi connectivity index (χ0) is 22.0. The van der Waals surface area contributed by atoms with Crippen LogP contribution in [0.3, 0.4) is 0 Å². The first-order chi connectivity index (χ1) is 13.6. The van der Waals surface area contributed by atoms with Crippen LogP contribution in [0.4, 0.5) is 22.0 Å². The molecule has 0 saturated heterocycles. The van der Waals surface area contributed by atoms with Gasteiger partial charge in [0.15, 0.2) is 30.5 Å². The minimum atomic E-state index is -3.20. The summed E-state index contributed by atoms with van der Waals surface area (Å²) in [5.41, 5.74) is 0. The van der Waals surface area contributed by atoms with Crippen LogP contribution in [0.1, 0.15) is 0 Å². The first kappa shape index (κ1) is 24.0. The molecule has 0 unspecified atom stereocenters. The van der Waals surface area contributed by atoms with Crippen molar-refractivity contribution in [3.8, 4) is 5.75 Å². The molecule has 5 nitrogen and oxygen atoms in total. The van der Waals surface area contributed by atoms with Crippen molar-refractivity contribution in [2.24, 2.45) is 14.1 Å². The van der Waals surface area contributed by atoms with Gasteiger partial charge in [-0.05, 0) is 0 Å². The van der Waals surface area contributed by atoms with Gasteiger partial charge >= 0.3 is 0 Å². The third-order valence-corrected chi connectivity index (χ3v) is 3.11. The van der Waals surface area contributed by atoms with Gasteiger partial charge in [-0.1, -0.05) is 12.1 Å². The standard InChI is InChI=1S/C6BF5O3.2C6H8N/c8-1-2(9)4(11)6(15-7(13)14)5(12)3(1)10;2*1-7-5-3-2-4-6-7/h;2*2-6H,1H3/q-2;2*+1. The van der Waals surface area contributed by atoms with Crippen LogP contribution in [-0.2, 0) is 14.1 Å². The van der Waals surface area contributed by atoms with Crippen molar-refractivity contribution in [1.82, 2.24) is 0 Å². The molecule has 0 aliphatic rings. The van der Waals surface area contributed by atoms with Gasteiger partial charge in [0.25, 0.3) is 0 Å². The highest BCUT2D eigenvalue weighted by Crippen LogP contribution is 2.28. The summed E-state index contributed by atoms with van der Waals surface area (Å²) in [6.45, 7) is 0. The molecule has 2 aromatic heterocycles. The molecule has 11 heteroatoms. The molecule has 2 heterocycles. The predicted molar refractivity (Wildman–Crippen MR) is 87.9 cm³/mol. The van der Waals surface area contributed by atoms with E-state index in [0.29, 0.717) is 0 Å². The van der Waals surface area contributed by atoms with Crippen LogP contribution in [0, 0.1) is 29.1 Å². The molecule has 0 aliphatic carbocycles. The molecular weight excluding hydrogens is 398 g/mol. The van der Waals surface area contributed by atoms with Gasteiger partial charge in [-0.25, -0.2) is 22.3 Å². The number of halogens is 5. The molecule has 29 heavy (non-hydrogen) atoms. The van der Waals surface area contributed by atoms with Gasteiger partial charge in [0, 0.05) is 24.3 Å². The average Bonchev–Trinajstić information content (AvgIpc) is 2.70. The molecule has 0 fully saturated rings. The van der Waals surface area contributed by atoms with Crippen LogP contribution >= 0.6 is 0 Å². The summed E-state index contributed by atoms with van der Waals surface area (Å²) in [4.78, 5) is 0. The van der Waals surface area contributed by atoms with Crippen molar-refractivity contribution in [2.45, 2.75) is 0 Å². The lowest BCUT2D eigenvalue weighted by molar-refractivity contribution is -0.671. The second kappa shape index (κ2) is 11.7. The van der Waals surface area contributed by atoms with E-state index in [1.165, 1.54) is 0 Å². The first-order valence-corrected chi connectivity index (χ1v) is 7.95. The van der Waals surface area contributed by atoms with Crippen LogP contribution in [0.5, 0.6) is 5.75 Å². The minimum absolute atomic E-state index is 1.87. The highest BCUT2D eigenvalue weighted by Gasteiger charge is 2.26. The second-order valence-electron chi connectivity index (χ2n) is 5.39. The van der Waals surface area contributed by atoms with Crippen LogP contribution in [-0.4, -0.2) is 7.32 Å². The Balaban J connectivity index is 0.000000248. The maximum absolute atomic E-state index is 12.6. The molecule has 0 spiro atoms. The Bertz CT molecular complexity index is 836. The molecule has 0 amide bonds. The number of benzene rings is 1. The number of pyridine rings is 2. The van der Waals surface area contributed by atoms with Crippen LogP contribution in [0.25, 0.3) is 0 Å². The number of hydrogen-bond acceptors (Lipinski definition) is 3. The van der Waals surface area contributed by atoms with Crippen LogP contribution < -0.4 is 23.8 Å². The summed E-state index contributed by atoms with van der Waals surface area (Å²) in [6, 6.07) is 12.0. The van der Waals surface area contributed by atoms with Crippen molar-refractivity contribution in [3.63, 3.8) is 0 Å². The molecule has 3 rings (SSSR count). The fraction of sp³-hybridized carbons (Fsp3) is 0.111. The quantitative estimate of drug-likeness (QED) is 0.202. The summed E-state index contributed by atoms with van der Waals surface area (Å²) in [5, 5.41) is 19.7. The number of rotatable bonds is 2. The monoisotopic (exact) mass is 414 g/mol. The Hall–Kier alpha value is -3.05. The largest absolute Gasteiger partial charge is 0.860 e. The summed E-state index contributed by atoms with van der Waals surface area (Å²) in [6.07, 6.45) is 8.00. The van der Waals surface area contributed by atoms with Crippen molar-refractivity contribution < 1.29 is 45.8 Å². The number of aryl methyl sites for hydroxylation is 2. The molecule has 0 bridgehead atoms. The topological polar surface area (TPSA) is 63.1 Å². The molecule has 0 saturated carbocycles. The Morgan fingerprint density at radius 2 is 0.931 bits per heavy atom. The van der Waals surface area contributed by atoms with Gasteiger partial charge in [-0.3, -0.25) is 0 Å². The van der Waals surface area contributed by atoms with E-state index in [0.717, 1.165) is 0 Å². The van der Waals surface area contributed by atoms with E-state index in [-0.39, 0.29) is 0 Å². The van der Waals surface area contributed by atoms with Gasteiger partial charge in [-0.2, -0.15) is 8.78 Å². The highest BCUT2D eigenvalue weighted by molar-refractivity contribution is 6.29. The molecular formula is C18H16BF5N2O3. The van der Waals surface area contributed by atoms with Crippen LogP contribution in [0.15, 0.2) is 61.2 Å². The Morgan fingerprint density at radius 3 is 1.17 bits per heavy atom. The normalized spacial score (nSPS) is 9.55. The van der Waals surface area contributed by atoms with E-state index >= 15 is 0 Å². The molecule has 0 N–H and O–H groups in total. The molecule has 0 aliphatic heterocycles. The smallest absolute Gasteiger partial charge is 0.205 e. The van der Waals surface area contributed by atoms with Gasteiger partial charge in [0.2, 0.25) is 29.1 Å². The summed E-state index contributed by atoms with van der Waals surface area (Å²) in [7, 11) is 0.804. The summed E-state index contributed by atoms with van der Waals surface area (Å²) >= 11 is 0. The molecule has 0 radical (unpaired) electrons. The van der Waals surface area contributed by atoms with Crippen molar-refractivity contribution >= 4 is 7.32 Å². The van der Waals surface area contributed by atoms with Gasteiger partial charge in [-0.15, -0.1) is 0 Å². The highest BCUT2D eigenvalue weighted by atomic mass is 19.2. The number of nitrogens with zero attached hydrogens (tertiary/aromatic N) is 2. The van der Waals surface area contributed by atoms with E-state index in [1.807, 2.05) is 84.4 Å². The summed E-state index contributed by atoms with van der Waals surface area (Å²) in [5.74, 6) is -13.6. The lowest BCUT2D eigenvalue weighted by Crippen LogP contribution is -2.50. The molecule has 1 aromatic carbocycles. The number of aromatic nitrogens is 2. The maximum Gasteiger partial charge on any atom is 0.205 e. The Morgan fingerprint density at radius 1 is 0.621 bits per heavy atom. The molecule has 154 valence electrons. The zero-order valence-corrected chi connectivity index (χ0v) is 15.4. The minimum Gasteiger partial charge on any atom is -0.860 e. The maximum atomic E-state index is 12.6. The molecule has 3 aromatic rings. The Labute approximate surface area is 164 Å². The lowest BCUT2D eigenvalue weighted by Gasteiger charge is -2.27. The van der Waals surface area contributed by atoms with Gasteiger partial charge in [0.1, 0.15) is 21.4 Å². The van der Waals surface area contributed by atoms with E-state index in [9.17, 15) is 32.0 Å². The SMILES string of the molecule is C[n+]1ccccc1.C[n+]1ccccc1.[O-]B([O-])Oc1c(F)c(F)c(F)c(F)c1F. The third-order valence-electron chi connectivity index (χ3n) is 3.11. The predicted octanol–water partition coefficient (Wildman–Crippen LogP) is 0.489. The van der Waals surface area contributed by atoms with E-state index in [2.05, 4.69) is 4.65 Å². The van der Waals surface area contributed by atoms with Crippen LogP contribution in [0.2, 0.25) is 0 Å². The van der Waals surface area contributed by atoms with Crippen molar-refractivity contribution in [2.75, 3.05) is 0 Å². The van der Waals surface area contributed by atoms with Crippen molar-refractivity contribution in [3.05, 3.63) is 90.3 Å². The third kappa shape index (κ3) is 7.84. The second-order valence-corrected chi connectivity index (χ2v) is 5.39. The fourth-order valence-corrected chi connectivity index (χ4v) is 1.75.